The summed E-state index contributed by atoms with van der Waals surface area (Å²) in [6.07, 6.45) is 7.22. The third kappa shape index (κ3) is 6.40. The van der Waals surface area contributed by atoms with Crippen LogP contribution in [-0.4, -0.2) is 25.0 Å². The van der Waals surface area contributed by atoms with Crippen LogP contribution in [0.5, 0.6) is 5.75 Å². The van der Waals surface area contributed by atoms with Crippen LogP contribution in [0, 0.1) is 0 Å². The molecule has 1 fully saturated rings. The number of ketones is 1. The average Bonchev–Trinajstić information content (AvgIpc) is 2.73. The molecule has 22 heavy (non-hydrogen) atoms. The van der Waals surface area contributed by atoms with Gasteiger partial charge in [0.25, 0.3) is 0 Å². The quantitative estimate of drug-likeness (QED) is 0.591. The van der Waals surface area contributed by atoms with E-state index in [1.54, 1.807) is 0 Å². The van der Waals surface area contributed by atoms with Gasteiger partial charge in [-0.05, 0) is 37.1 Å². The van der Waals surface area contributed by atoms with Gasteiger partial charge in [0.1, 0.15) is 5.75 Å². The number of hydrogen-bond donors (Lipinski definition) is 1. The number of nitrogens with one attached hydrogen (secondary N) is 1. The lowest BCUT2D eigenvalue weighted by molar-refractivity contribution is -0.0498. The van der Waals surface area contributed by atoms with Crippen molar-refractivity contribution in [3.05, 3.63) is 29.8 Å². The van der Waals surface area contributed by atoms with Gasteiger partial charge in [-0.25, -0.2) is 0 Å². The first-order chi connectivity index (χ1) is 10.1. The number of alkyl halides is 2. The first-order valence-corrected chi connectivity index (χ1v) is 7.46. The largest absolute Gasteiger partial charge is 0.435 e. The van der Waals surface area contributed by atoms with E-state index in [4.69, 9.17) is 0 Å². The van der Waals surface area contributed by atoms with Crippen molar-refractivity contribution in [2.75, 3.05) is 6.54 Å². The molecule has 0 saturated heterocycles. The molecule has 0 heterocycles. The van der Waals surface area contributed by atoms with E-state index in [0.29, 0.717) is 18.2 Å². The fraction of sp³-hybridized carbons (Fsp3) is 0.562. The van der Waals surface area contributed by atoms with E-state index in [9.17, 15) is 13.6 Å². The lowest BCUT2D eigenvalue weighted by Gasteiger charge is -2.15. The number of ether oxygens (including phenoxy) is 1. The van der Waals surface area contributed by atoms with Gasteiger partial charge in [-0.2, -0.15) is 8.78 Å². The Bertz CT molecular complexity index is 446. The van der Waals surface area contributed by atoms with Crippen LogP contribution in [0.2, 0.25) is 0 Å². The number of hydrogen-bond acceptors (Lipinski definition) is 3. The summed E-state index contributed by atoms with van der Waals surface area (Å²) >= 11 is 0. The summed E-state index contributed by atoms with van der Waals surface area (Å²) in [5, 5.41) is 3.31. The van der Waals surface area contributed by atoms with Crippen molar-refractivity contribution in [2.45, 2.75) is 51.2 Å². The van der Waals surface area contributed by atoms with Crippen LogP contribution >= 0.6 is 17.0 Å². The second-order valence-electron chi connectivity index (χ2n) is 5.40. The zero-order chi connectivity index (χ0) is 15.1. The summed E-state index contributed by atoms with van der Waals surface area (Å²) in [5.41, 5.74) is 0.512. The van der Waals surface area contributed by atoms with Crippen LogP contribution in [0.1, 0.15) is 48.9 Å². The van der Waals surface area contributed by atoms with Gasteiger partial charge in [0, 0.05) is 11.6 Å². The predicted molar refractivity (Wildman–Crippen MR) is 87.2 cm³/mol. The maximum absolute atomic E-state index is 12.1. The average molecular weight is 378 g/mol. The molecule has 1 aromatic rings. The third-order valence-electron chi connectivity index (χ3n) is 3.81. The Morgan fingerprint density at radius 2 is 1.73 bits per heavy atom. The lowest BCUT2D eigenvalue weighted by Crippen LogP contribution is -2.33. The summed E-state index contributed by atoms with van der Waals surface area (Å²) < 4.78 is 28.3. The highest BCUT2D eigenvalue weighted by molar-refractivity contribution is 8.93. The highest BCUT2D eigenvalue weighted by Crippen LogP contribution is 2.18. The second-order valence-corrected chi connectivity index (χ2v) is 5.40. The highest BCUT2D eigenvalue weighted by atomic mass is 79.9. The van der Waals surface area contributed by atoms with Crippen molar-refractivity contribution in [1.82, 2.24) is 5.32 Å². The summed E-state index contributed by atoms with van der Waals surface area (Å²) in [6, 6.07) is 6.25. The van der Waals surface area contributed by atoms with Gasteiger partial charge >= 0.3 is 6.61 Å². The molecular formula is C16H22BrF2NO2. The Hall–Kier alpha value is -1.01. The molecule has 0 radical (unpaired) electrons. The molecule has 0 amide bonds. The molecule has 0 aliphatic heterocycles. The van der Waals surface area contributed by atoms with Gasteiger partial charge in [-0.1, -0.05) is 25.7 Å². The SMILES string of the molecule is Br.O=C(CNC1CCCCCC1)c1ccc(OC(F)F)cc1. The number of rotatable bonds is 6. The smallest absolute Gasteiger partial charge is 0.387 e. The number of halogens is 3. The van der Waals surface area contributed by atoms with E-state index >= 15 is 0 Å². The van der Waals surface area contributed by atoms with Gasteiger partial charge in [-0.15, -0.1) is 17.0 Å². The summed E-state index contributed by atoms with van der Waals surface area (Å²) in [5.74, 6) is 0.0427. The molecule has 1 N–H and O–H groups in total. The molecule has 1 aliphatic carbocycles. The molecule has 3 nitrogen and oxygen atoms in total. The molecule has 2 rings (SSSR count). The lowest BCUT2D eigenvalue weighted by atomic mass is 10.1. The van der Waals surface area contributed by atoms with Gasteiger partial charge in [0.05, 0.1) is 6.54 Å². The summed E-state index contributed by atoms with van der Waals surface area (Å²) in [4.78, 5) is 12.1. The van der Waals surface area contributed by atoms with Crippen molar-refractivity contribution in [1.29, 1.82) is 0 Å². The minimum absolute atomic E-state index is 0. The first kappa shape index (κ1) is 19.0. The van der Waals surface area contributed by atoms with Crippen LogP contribution in [0.15, 0.2) is 24.3 Å². The number of carbonyl (C=O) groups excluding carboxylic acids is 1. The van der Waals surface area contributed by atoms with Crippen LogP contribution < -0.4 is 10.1 Å². The van der Waals surface area contributed by atoms with Crippen molar-refractivity contribution in [3.8, 4) is 5.75 Å². The molecule has 0 aromatic heterocycles. The maximum Gasteiger partial charge on any atom is 0.387 e. The van der Waals surface area contributed by atoms with Crippen molar-refractivity contribution in [2.24, 2.45) is 0 Å². The Labute approximate surface area is 140 Å². The van der Waals surface area contributed by atoms with Gasteiger partial charge in [0.2, 0.25) is 0 Å². The standard InChI is InChI=1S/C16H21F2NO2.BrH/c17-16(18)21-14-9-7-12(8-10-14)15(20)11-19-13-5-3-1-2-4-6-13;/h7-10,13,16,19H,1-6,11H2;1H. The Kier molecular flexibility index (Phi) is 8.56. The molecule has 0 bridgehead atoms. The minimum Gasteiger partial charge on any atom is -0.435 e. The van der Waals surface area contributed by atoms with Gasteiger partial charge in [0.15, 0.2) is 5.78 Å². The summed E-state index contributed by atoms with van der Waals surface area (Å²) in [6.45, 7) is -2.55. The number of carbonyl (C=O) groups is 1. The Balaban J connectivity index is 0.00000242. The minimum atomic E-state index is -2.84. The Morgan fingerprint density at radius 3 is 2.27 bits per heavy atom. The molecular weight excluding hydrogens is 356 g/mol. The molecule has 1 aliphatic rings. The molecule has 6 heteroatoms. The fourth-order valence-corrected chi connectivity index (χ4v) is 2.64. The number of Topliss-reactive ketones (excluding diaryl/α,β-unsaturated/α-hetero) is 1. The van der Waals surface area contributed by atoms with E-state index in [1.165, 1.54) is 49.9 Å². The fourth-order valence-electron chi connectivity index (χ4n) is 2.64. The van der Waals surface area contributed by atoms with Crippen LogP contribution in [0.3, 0.4) is 0 Å². The van der Waals surface area contributed by atoms with E-state index in [0.717, 1.165) is 12.8 Å². The van der Waals surface area contributed by atoms with Crippen molar-refractivity contribution in [3.63, 3.8) is 0 Å². The van der Waals surface area contributed by atoms with Gasteiger partial charge < -0.3 is 10.1 Å². The van der Waals surface area contributed by atoms with Crippen LogP contribution in [0.4, 0.5) is 8.78 Å². The maximum atomic E-state index is 12.1. The predicted octanol–water partition coefficient (Wildman–Crippen LogP) is 4.36. The molecule has 1 aromatic carbocycles. The molecule has 0 atom stereocenters. The van der Waals surface area contributed by atoms with E-state index in [-0.39, 0.29) is 28.5 Å². The normalized spacial score (nSPS) is 16.0. The van der Waals surface area contributed by atoms with Crippen molar-refractivity contribution < 1.29 is 18.3 Å². The van der Waals surface area contributed by atoms with Crippen LogP contribution in [0.25, 0.3) is 0 Å². The van der Waals surface area contributed by atoms with E-state index in [2.05, 4.69) is 10.1 Å². The van der Waals surface area contributed by atoms with E-state index < -0.39 is 6.61 Å². The first-order valence-electron chi connectivity index (χ1n) is 7.46. The Morgan fingerprint density at radius 1 is 1.14 bits per heavy atom. The van der Waals surface area contributed by atoms with Crippen LogP contribution in [-0.2, 0) is 0 Å². The second kappa shape index (κ2) is 9.90. The van der Waals surface area contributed by atoms with E-state index in [1.807, 2.05) is 0 Å². The summed E-state index contributed by atoms with van der Waals surface area (Å²) in [7, 11) is 0. The molecule has 1 saturated carbocycles. The topological polar surface area (TPSA) is 38.3 Å². The molecule has 124 valence electrons. The zero-order valence-electron chi connectivity index (χ0n) is 12.4. The third-order valence-corrected chi connectivity index (χ3v) is 3.81. The molecule has 0 spiro atoms. The highest BCUT2D eigenvalue weighted by Gasteiger charge is 2.14. The molecule has 0 unspecified atom stereocenters. The monoisotopic (exact) mass is 377 g/mol. The van der Waals surface area contributed by atoms with Gasteiger partial charge in [-0.3, -0.25) is 4.79 Å². The number of benzene rings is 1. The zero-order valence-corrected chi connectivity index (χ0v) is 14.1. The van der Waals surface area contributed by atoms with Crippen molar-refractivity contribution >= 4 is 22.8 Å².